The van der Waals surface area contributed by atoms with Crippen LogP contribution in [0.25, 0.3) is 10.8 Å². The molecule has 1 atom stereocenters. The summed E-state index contributed by atoms with van der Waals surface area (Å²) in [5, 5.41) is 13.9. The Labute approximate surface area is 159 Å². The number of nitriles is 1. The quantitative estimate of drug-likeness (QED) is 0.646. The van der Waals surface area contributed by atoms with E-state index in [0.717, 1.165) is 21.2 Å². The summed E-state index contributed by atoms with van der Waals surface area (Å²) in [5.41, 5.74) is 0.206. The number of carbonyl (C=O) groups is 2. The molecule has 2 aromatic carbocycles. The summed E-state index contributed by atoms with van der Waals surface area (Å²) >= 11 is 0. The Kier molecular flexibility index (Phi) is 6.40. The smallest absolute Gasteiger partial charge is 0.408 e. The van der Waals surface area contributed by atoms with Crippen LogP contribution in [0, 0.1) is 11.5 Å². The lowest BCUT2D eigenvalue weighted by Crippen LogP contribution is -2.49. The summed E-state index contributed by atoms with van der Waals surface area (Å²) in [6.07, 6.45) is 1.44. The zero-order valence-corrected chi connectivity index (χ0v) is 16.2. The second-order valence-corrected chi connectivity index (χ2v) is 7.27. The fraction of sp³-hybridized carbons (Fsp3) is 0.381. The van der Waals surface area contributed by atoms with Crippen LogP contribution in [0.3, 0.4) is 0 Å². The van der Waals surface area contributed by atoms with Gasteiger partial charge in [-0.15, -0.1) is 0 Å². The van der Waals surface area contributed by atoms with Crippen LogP contribution < -0.4 is 5.32 Å². The molecule has 27 heavy (non-hydrogen) atoms. The molecule has 0 radical (unpaired) electrons. The lowest BCUT2D eigenvalue weighted by Gasteiger charge is -2.25. The first-order valence-corrected chi connectivity index (χ1v) is 8.92. The van der Waals surface area contributed by atoms with Crippen molar-refractivity contribution in [3.63, 3.8) is 0 Å². The molecular formula is C21H25N3O3. The number of rotatable bonds is 5. The summed E-state index contributed by atoms with van der Waals surface area (Å²) in [7, 11) is 0. The van der Waals surface area contributed by atoms with E-state index in [2.05, 4.69) is 5.32 Å². The number of fused-ring (bicyclic) bond motifs is 1. The Morgan fingerprint density at radius 2 is 1.85 bits per heavy atom. The molecule has 2 amide bonds. The average Bonchev–Trinajstić information content (AvgIpc) is 2.60. The molecule has 0 heterocycles. The second-order valence-electron chi connectivity index (χ2n) is 7.27. The van der Waals surface area contributed by atoms with Crippen molar-refractivity contribution in [1.82, 2.24) is 10.2 Å². The minimum atomic E-state index is -0.888. The van der Waals surface area contributed by atoms with E-state index < -0.39 is 23.6 Å². The van der Waals surface area contributed by atoms with E-state index in [0.29, 0.717) is 0 Å². The largest absolute Gasteiger partial charge is 0.444 e. The number of likely N-dealkylation sites (N-methyl/N-ethyl adjacent to an activating group) is 1. The van der Waals surface area contributed by atoms with Gasteiger partial charge in [0, 0.05) is 13.0 Å². The van der Waals surface area contributed by atoms with Gasteiger partial charge in [-0.25, -0.2) is 9.69 Å². The van der Waals surface area contributed by atoms with Crippen molar-refractivity contribution in [2.45, 2.75) is 45.8 Å². The van der Waals surface area contributed by atoms with E-state index in [1.807, 2.05) is 48.7 Å². The monoisotopic (exact) mass is 367 g/mol. The Hall–Kier alpha value is -3.07. The summed E-state index contributed by atoms with van der Waals surface area (Å²) in [6.45, 7) is 7.20. The van der Waals surface area contributed by atoms with Crippen molar-refractivity contribution in [2.24, 2.45) is 0 Å². The lowest BCUT2D eigenvalue weighted by molar-refractivity contribution is -0.130. The van der Waals surface area contributed by atoms with Crippen molar-refractivity contribution < 1.29 is 14.3 Å². The number of benzene rings is 2. The van der Waals surface area contributed by atoms with Crippen molar-refractivity contribution in [3.05, 3.63) is 48.0 Å². The topological polar surface area (TPSA) is 82.4 Å². The van der Waals surface area contributed by atoms with Crippen LogP contribution in [-0.4, -0.2) is 35.1 Å². The lowest BCUT2D eigenvalue weighted by atomic mass is 10.0. The molecule has 0 saturated carbocycles. The predicted octanol–water partition coefficient (Wildman–Crippen LogP) is 3.61. The maximum atomic E-state index is 12.7. The molecule has 142 valence electrons. The van der Waals surface area contributed by atoms with E-state index in [1.165, 1.54) is 0 Å². The first kappa shape index (κ1) is 20.2. The molecule has 1 unspecified atom stereocenters. The molecule has 0 aliphatic carbocycles. The van der Waals surface area contributed by atoms with E-state index in [1.54, 1.807) is 27.7 Å². The number of carbonyl (C=O) groups excluding carboxylic acids is 2. The van der Waals surface area contributed by atoms with Gasteiger partial charge in [-0.05, 0) is 44.0 Å². The number of nitrogens with zero attached hydrogens (tertiary/aromatic N) is 2. The van der Waals surface area contributed by atoms with Crippen LogP contribution >= 0.6 is 0 Å². The maximum Gasteiger partial charge on any atom is 0.408 e. The van der Waals surface area contributed by atoms with Gasteiger partial charge >= 0.3 is 6.09 Å². The number of alkyl carbamates (subject to hydrolysis) is 1. The highest BCUT2D eigenvalue weighted by molar-refractivity contribution is 5.88. The summed E-state index contributed by atoms with van der Waals surface area (Å²) in [4.78, 5) is 25.9. The molecule has 2 rings (SSSR count). The van der Waals surface area contributed by atoms with Crippen molar-refractivity contribution in [1.29, 1.82) is 5.26 Å². The Morgan fingerprint density at radius 3 is 2.44 bits per heavy atom. The van der Waals surface area contributed by atoms with Crippen LogP contribution in [-0.2, 0) is 16.0 Å². The second kappa shape index (κ2) is 8.54. The Bertz CT molecular complexity index is 865. The molecule has 0 aromatic heterocycles. The van der Waals surface area contributed by atoms with Gasteiger partial charge in [-0.2, -0.15) is 5.26 Å². The van der Waals surface area contributed by atoms with Crippen LogP contribution in [0.2, 0.25) is 0 Å². The standard InChI is InChI=1S/C21H25N3O3/c1-5-24(14-22)19(25)18(23-20(26)27-21(2,3)4)13-15-10-11-16-8-6-7-9-17(16)12-15/h6-12,18H,5,13H2,1-4H3,(H,23,26). The van der Waals surface area contributed by atoms with Crippen molar-refractivity contribution >= 4 is 22.8 Å². The Morgan fingerprint density at radius 1 is 1.19 bits per heavy atom. The molecule has 6 heteroatoms. The molecule has 0 fully saturated rings. The minimum absolute atomic E-state index is 0.236. The van der Waals surface area contributed by atoms with Gasteiger partial charge in [0.15, 0.2) is 6.19 Å². The number of nitrogens with one attached hydrogen (secondary N) is 1. The highest BCUT2D eigenvalue weighted by Crippen LogP contribution is 2.17. The van der Waals surface area contributed by atoms with Crippen LogP contribution in [0.4, 0.5) is 4.79 Å². The molecular weight excluding hydrogens is 342 g/mol. The zero-order chi connectivity index (χ0) is 20.0. The number of ether oxygens (including phenoxy) is 1. The van der Waals surface area contributed by atoms with Gasteiger partial charge in [0.1, 0.15) is 11.6 Å². The summed E-state index contributed by atoms with van der Waals surface area (Å²) in [6, 6.07) is 12.9. The molecule has 0 bridgehead atoms. The molecule has 0 aliphatic rings. The van der Waals surface area contributed by atoms with Gasteiger partial charge in [0.05, 0.1) is 0 Å². The minimum Gasteiger partial charge on any atom is -0.444 e. The first-order valence-electron chi connectivity index (χ1n) is 8.92. The number of hydrogen-bond donors (Lipinski definition) is 1. The first-order chi connectivity index (χ1) is 12.7. The average molecular weight is 367 g/mol. The summed E-state index contributed by atoms with van der Waals surface area (Å²) in [5.74, 6) is -0.459. The highest BCUT2D eigenvalue weighted by atomic mass is 16.6. The third kappa shape index (κ3) is 5.71. The van der Waals surface area contributed by atoms with Crippen LogP contribution in [0.5, 0.6) is 0 Å². The van der Waals surface area contributed by atoms with Crippen LogP contribution in [0.15, 0.2) is 42.5 Å². The molecule has 0 aliphatic heterocycles. The van der Waals surface area contributed by atoms with Gasteiger partial charge in [-0.1, -0.05) is 42.5 Å². The van der Waals surface area contributed by atoms with Gasteiger partial charge in [-0.3, -0.25) is 4.79 Å². The van der Waals surface area contributed by atoms with Crippen molar-refractivity contribution in [2.75, 3.05) is 6.54 Å². The van der Waals surface area contributed by atoms with Gasteiger partial charge < -0.3 is 10.1 Å². The molecule has 0 saturated heterocycles. The van der Waals surface area contributed by atoms with E-state index in [9.17, 15) is 14.9 Å². The fourth-order valence-electron chi connectivity index (χ4n) is 2.72. The third-order valence-electron chi connectivity index (χ3n) is 3.95. The number of hydrogen-bond acceptors (Lipinski definition) is 4. The van der Waals surface area contributed by atoms with E-state index >= 15 is 0 Å². The zero-order valence-electron chi connectivity index (χ0n) is 16.2. The normalized spacial score (nSPS) is 12.1. The third-order valence-corrected chi connectivity index (χ3v) is 3.95. The molecule has 2 aromatic rings. The van der Waals surface area contributed by atoms with E-state index in [-0.39, 0.29) is 13.0 Å². The van der Waals surface area contributed by atoms with Crippen LogP contribution in [0.1, 0.15) is 33.3 Å². The predicted molar refractivity (Wildman–Crippen MR) is 104 cm³/mol. The van der Waals surface area contributed by atoms with Gasteiger partial charge in [0.2, 0.25) is 0 Å². The molecule has 6 nitrogen and oxygen atoms in total. The number of amides is 2. The van der Waals surface area contributed by atoms with Gasteiger partial charge in [0.25, 0.3) is 5.91 Å². The molecule has 1 N–H and O–H groups in total. The highest BCUT2D eigenvalue weighted by Gasteiger charge is 2.28. The summed E-state index contributed by atoms with van der Waals surface area (Å²) < 4.78 is 5.27. The fourth-order valence-corrected chi connectivity index (χ4v) is 2.72. The molecule has 0 spiro atoms. The van der Waals surface area contributed by atoms with E-state index in [4.69, 9.17) is 4.74 Å². The SMILES string of the molecule is CCN(C#N)C(=O)C(Cc1ccc2ccccc2c1)NC(=O)OC(C)(C)C. The Balaban J connectivity index is 2.25. The van der Waals surface area contributed by atoms with Crippen molar-refractivity contribution in [3.8, 4) is 6.19 Å². The maximum absolute atomic E-state index is 12.7.